The van der Waals surface area contributed by atoms with Gasteiger partial charge in [0.15, 0.2) is 17.5 Å². The summed E-state index contributed by atoms with van der Waals surface area (Å²) >= 11 is 0. The fourth-order valence-corrected chi connectivity index (χ4v) is 8.96. The summed E-state index contributed by atoms with van der Waals surface area (Å²) in [7, 11) is 0. The summed E-state index contributed by atoms with van der Waals surface area (Å²) in [4.78, 5) is 20.4. The highest BCUT2D eigenvalue weighted by Gasteiger charge is 2.17. The van der Waals surface area contributed by atoms with Crippen LogP contribution in [0.5, 0.6) is 0 Å². The van der Waals surface area contributed by atoms with Gasteiger partial charge in [0.05, 0.1) is 11.2 Å². The first-order valence-electron chi connectivity index (χ1n) is 21.0. The molecule has 12 aromatic rings. The van der Waals surface area contributed by atoms with E-state index in [9.17, 15) is 0 Å². The zero-order chi connectivity index (χ0) is 41.0. The second-order valence-corrected chi connectivity index (χ2v) is 15.8. The van der Waals surface area contributed by atoms with Gasteiger partial charge in [0.1, 0.15) is 0 Å². The predicted molar refractivity (Wildman–Crippen MR) is 258 cm³/mol. The zero-order valence-corrected chi connectivity index (χ0v) is 33.6. The summed E-state index contributed by atoms with van der Waals surface area (Å²) in [5.41, 5.74) is 10.3. The van der Waals surface area contributed by atoms with Gasteiger partial charge in [0, 0.05) is 38.4 Å². The number of benzene rings is 10. The molecule has 0 atom stereocenters. The molecule has 12 rings (SSSR count). The normalized spacial score (nSPS) is 11.5. The third-order valence-electron chi connectivity index (χ3n) is 12.1. The molecule has 0 aliphatic heterocycles. The fourth-order valence-electron chi connectivity index (χ4n) is 8.96. The molecule has 2 heterocycles. The van der Waals surface area contributed by atoms with Gasteiger partial charge in [-0.15, -0.1) is 0 Å². The van der Waals surface area contributed by atoms with E-state index in [0.717, 1.165) is 55.4 Å². The van der Waals surface area contributed by atoms with Gasteiger partial charge in [-0.2, -0.15) is 0 Å². The van der Waals surface area contributed by atoms with E-state index in [2.05, 4.69) is 158 Å². The summed E-state index contributed by atoms with van der Waals surface area (Å²) in [6.45, 7) is 0. The lowest BCUT2D eigenvalue weighted by Crippen LogP contribution is -2.00. The fraction of sp³-hybridized carbons (Fsp3) is 0. The molecule has 0 aliphatic rings. The zero-order valence-electron chi connectivity index (χ0n) is 33.6. The summed E-state index contributed by atoms with van der Waals surface area (Å²) in [5, 5.41) is 10.9. The van der Waals surface area contributed by atoms with Crippen molar-refractivity contribution in [3.05, 3.63) is 218 Å². The van der Waals surface area contributed by atoms with Crippen molar-refractivity contribution >= 4 is 54.0 Å². The lowest BCUT2D eigenvalue weighted by Gasteiger charge is -2.15. The van der Waals surface area contributed by atoms with E-state index in [4.69, 9.17) is 19.9 Å². The van der Waals surface area contributed by atoms with Crippen LogP contribution in [-0.2, 0) is 0 Å². The van der Waals surface area contributed by atoms with Crippen molar-refractivity contribution in [2.45, 2.75) is 0 Å². The van der Waals surface area contributed by atoms with Crippen molar-refractivity contribution in [2.75, 3.05) is 0 Å². The number of pyridine rings is 1. The number of nitrogens with zero attached hydrogens (tertiary/aromatic N) is 4. The Morgan fingerprint density at radius 3 is 1.42 bits per heavy atom. The van der Waals surface area contributed by atoms with Crippen LogP contribution in [0.3, 0.4) is 0 Å². The summed E-state index contributed by atoms with van der Waals surface area (Å²) in [6.07, 6.45) is 0. The van der Waals surface area contributed by atoms with Crippen LogP contribution in [0.2, 0.25) is 0 Å². The third kappa shape index (κ3) is 6.25. The largest absolute Gasteiger partial charge is 0.247 e. The molecule has 0 N–H and O–H groups in total. The molecule has 10 aromatic carbocycles. The SMILES string of the molecule is c1ccc(-c2nc(-c3ccccc3)nc(-c3cccc(-c4nc5ccc(-c6ccc(-c7ccc8c(ccc9ccccc98)c7)cc6)cc5c5c4ccc4ccccc45)c3)n2)cc1. The first kappa shape index (κ1) is 35.6. The molecule has 62 heavy (non-hydrogen) atoms. The Hall–Kier alpha value is -8.34. The van der Waals surface area contributed by atoms with Crippen LogP contribution < -0.4 is 0 Å². The van der Waals surface area contributed by atoms with Gasteiger partial charge >= 0.3 is 0 Å². The highest BCUT2D eigenvalue weighted by atomic mass is 15.0. The van der Waals surface area contributed by atoms with Crippen molar-refractivity contribution in [3.8, 4) is 67.7 Å². The lowest BCUT2D eigenvalue weighted by molar-refractivity contribution is 1.07. The number of hydrogen-bond acceptors (Lipinski definition) is 4. The van der Waals surface area contributed by atoms with Gasteiger partial charge in [-0.05, 0) is 78.8 Å². The number of aromatic nitrogens is 4. The van der Waals surface area contributed by atoms with E-state index in [1.165, 1.54) is 48.8 Å². The topological polar surface area (TPSA) is 51.6 Å². The average Bonchev–Trinajstić information content (AvgIpc) is 3.36. The molecular weight excluding hydrogens is 753 g/mol. The Morgan fingerprint density at radius 2 is 0.710 bits per heavy atom. The van der Waals surface area contributed by atoms with Crippen LogP contribution in [0.25, 0.3) is 122 Å². The molecule has 288 valence electrons. The number of rotatable bonds is 6. The maximum atomic E-state index is 5.42. The summed E-state index contributed by atoms with van der Waals surface area (Å²) in [5.74, 6) is 1.88. The van der Waals surface area contributed by atoms with Crippen LogP contribution in [0.15, 0.2) is 218 Å². The highest BCUT2D eigenvalue weighted by molar-refractivity contribution is 6.23. The molecule has 4 nitrogen and oxygen atoms in total. The Labute approximate surface area is 358 Å². The quantitative estimate of drug-likeness (QED) is 0.158. The molecule has 0 fully saturated rings. The van der Waals surface area contributed by atoms with E-state index < -0.39 is 0 Å². The summed E-state index contributed by atoms with van der Waals surface area (Å²) < 4.78 is 0. The van der Waals surface area contributed by atoms with Crippen LogP contribution in [0, 0.1) is 0 Å². The number of fused-ring (bicyclic) bond motifs is 8. The van der Waals surface area contributed by atoms with Gasteiger partial charge in [0.2, 0.25) is 0 Å². The van der Waals surface area contributed by atoms with Gasteiger partial charge in [-0.25, -0.2) is 19.9 Å². The van der Waals surface area contributed by atoms with Crippen molar-refractivity contribution in [2.24, 2.45) is 0 Å². The Balaban J connectivity index is 0.960. The van der Waals surface area contributed by atoms with Gasteiger partial charge in [-0.3, -0.25) is 0 Å². The molecule has 0 bridgehead atoms. The second-order valence-electron chi connectivity index (χ2n) is 15.8. The third-order valence-corrected chi connectivity index (χ3v) is 12.1. The first-order valence-corrected chi connectivity index (χ1v) is 21.0. The van der Waals surface area contributed by atoms with Crippen LogP contribution in [-0.4, -0.2) is 19.9 Å². The van der Waals surface area contributed by atoms with E-state index in [1.807, 2.05) is 60.7 Å². The summed E-state index contributed by atoms with van der Waals surface area (Å²) in [6, 6.07) is 77.2. The molecule has 0 saturated carbocycles. The molecule has 0 unspecified atom stereocenters. The van der Waals surface area contributed by atoms with E-state index in [0.29, 0.717) is 17.5 Å². The molecule has 4 heteroatoms. The van der Waals surface area contributed by atoms with Crippen molar-refractivity contribution in [3.63, 3.8) is 0 Å². The molecule has 0 spiro atoms. The minimum atomic E-state index is 0.611. The molecule has 2 aromatic heterocycles. The maximum absolute atomic E-state index is 5.42. The lowest BCUT2D eigenvalue weighted by atomic mass is 9.92. The van der Waals surface area contributed by atoms with Crippen molar-refractivity contribution < 1.29 is 0 Å². The Bertz CT molecular complexity index is 3620. The van der Waals surface area contributed by atoms with E-state index >= 15 is 0 Å². The molecular formula is C58H36N4. The molecule has 0 aliphatic carbocycles. The van der Waals surface area contributed by atoms with Crippen LogP contribution >= 0.6 is 0 Å². The van der Waals surface area contributed by atoms with Crippen LogP contribution in [0.4, 0.5) is 0 Å². The van der Waals surface area contributed by atoms with Crippen molar-refractivity contribution in [1.82, 2.24) is 19.9 Å². The van der Waals surface area contributed by atoms with E-state index in [-0.39, 0.29) is 0 Å². The maximum Gasteiger partial charge on any atom is 0.164 e. The van der Waals surface area contributed by atoms with Gasteiger partial charge < -0.3 is 0 Å². The van der Waals surface area contributed by atoms with Crippen LogP contribution in [0.1, 0.15) is 0 Å². The standard InChI is InChI=1S/C58H36N4/c1-3-14-41(15-4-1)56-60-57(42-16-5-2-6-17-42)62-58(61-56)47-19-11-18-46(35-47)55-51-32-28-40-13-8-10-21-50(40)54(51)52-36-44(30-33-53(52)59-55)38-24-22-37(23-25-38)43-29-31-49-45(34-43)27-26-39-12-7-9-20-48(39)49/h1-36H. The molecule has 0 radical (unpaired) electrons. The Kier molecular flexibility index (Phi) is 8.46. The monoisotopic (exact) mass is 788 g/mol. The minimum absolute atomic E-state index is 0.611. The average molecular weight is 789 g/mol. The molecule has 0 saturated heterocycles. The minimum Gasteiger partial charge on any atom is -0.247 e. The van der Waals surface area contributed by atoms with Gasteiger partial charge in [-0.1, -0.05) is 194 Å². The van der Waals surface area contributed by atoms with Gasteiger partial charge in [0.25, 0.3) is 0 Å². The molecule has 0 amide bonds. The highest BCUT2D eigenvalue weighted by Crippen LogP contribution is 2.40. The van der Waals surface area contributed by atoms with Crippen molar-refractivity contribution in [1.29, 1.82) is 0 Å². The predicted octanol–water partition coefficient (Wildman–Crippen LogP) is 15.0. The second kappa shape index (κ2) is 14.7. The Morgan fingerprint density at radius 1 is 0.226 bits per heavy atom. The smallest absolute Gasteiger partial charge is 0.164 e. The first-order chi connectivity index (χ1) is 30.7. The number of hydrogen-bond donors (Lipinski definition) is 0. The van der Waals surface area contributed by atoms with E-state index in [1.54, 1.807) is 0 Å².